The minimum atomic E-state index is -3.36. The highest BCUT2D eigenvalue weighted by Crippen LogP contribution is 2.18. The zero-order valence-corrected chi connectivity index (χ0v) is 13.3. The quantitative estimate of drug-likeness (QED) is 0.710. The number of hydrogen-bond donors (Lipinski definition) is 2. The average molecular weight is 315 g/mol. The number of piperidine rings is 1. The summed E-state index contributed by atoms with van der Waals surface area (Å²) in [5.74, 6) is 0.584. The standard InChI is InChI=1S/C13H25N5O2S/c1-2-14-12-13-4-9-18(10-5-13)21(19,20)16-7-11-17-8-3-6-15-17/h3,6,8,13-14,16H,2,4-5,7,9-12H2,1H3. The molecule has 2 N–H and O–H groups in total. The molecule has 120 valence electrons. The van der Waals surface area contributed by atoms with Crippen LogP contribution in [-0.2, 0) is 16.8 Å². The maximum atomic E-state index is 12.2. The molecule has 1 aliphatic heterocycles. The Morgan fingerprint density at radius 2 is 2.10 bits per heavy atom. The van der Waals surface area contributed by atoms with Crippen LogP contribution in [0.5, 0.6) is 0 Å². The summed E-state index contributed by atoms with van der Waals surface area (Å²) in [6.07, 6.45) is 5.35. The van der Waals surface area contributed by atoms with Gasteiger partial charge in [-0.15, -0.1) is 0 Å². The van der Waals surface area contributed by atoms with Crippen molar-refractivity contribution in [2.75, 3.05) is 32.7 Å². The third-order valence-electron chi connectivity index (χ3n) is 3.78. The molecule has 1 aromatic rings. The van der Waals surface area contributed by atoms with Crippen LogP contribution in [0.3, 0.4) is 0 Å². The number of hydrogen-bond acceptors (Lipinski definition) is 4. The Balaban J connectivity index is 1.73. The normalized spacial score (nSPS) is 18.1. The highest BCUT2D eigenvalue weighted by molar-refractivity contribution is 7.87. The van der Waals surface area contributed by atoms with E-state index in [2.05, 4.69) is 22.1 Å². The fourth-order valence-electron chi connectivity index (χ4n) is 2.52. The van der Waals surface area contributed by atoms with Crippen LogP contribution >= 0.6 is 0 Å². The monoisotopic (exact) mass is 315 g/mol. The molecular formula is C13H25N5O2S. The Kier molecular flexibility index (Phi) is 6.16. The van der Waals surface area contributed by atoms with Crippen LogP contribution < -0.4 is 10.0 Å². The van der Waals surface area contributed by atoms with Gasteiger partial charge in [-0.2, -0.15) is 17.8 Å². The molecule has 1 aromatic heterocycles. The van der Waals surface area contributed by atoms with Gasteiger partial charge in [0, 0.05) is 32.0 Å². The average Bonchev–Trinajstić information content (AvgIpc) is 2.98. The zero-order chi connectivity index (χ0) is 15.1. The van der Waals surface area contributed by atoms with Gasteiger partial charge in [-0.25, -0.2) is 4.72 Å². The lowest BCUT2D eigenvalue weighted by molar-refractivity contribution is 0.266. The van der Waals surface area contributed by atoms with Crippen molar-refractivity contribution in [3.63, 3.8) is 0 Å². The topological polar surface area (TPSA) is 79.3 Å². The number of aromatic nitrogens is 2. The van der Waals surface area contributed by atoms with Gasteiger partial charge in [0.05, 0.1) is 6.54 Å². The Morgan fingerprint density at radius 1 is 1.33 bits per heavy atom. The van der Waals surface area contributed by atoms with Crippen molar-refractivity contribution in [3.8, 4) is 0 Å². The van der Waals surface area contributed by atoms with Gasteiger partial charge in [0.2, 0.25) is 0 Å². The molecular weight excluding hydrogens is 290 g/mol. The van der Waals surface area contributed by atoms with Gasteiger partial charge in [-0.05, 0) is 37.9 Å². The molecule has 0 saturated carbocycles. The Morgan fingerprint density at radius 3 is 2.71 bits per heavy atom. The van der Waals surface area contributed by atoms with Crippen molar-refractivity contribution in [1.82, 2.24) is 24.1 Å². The number of nitrogens with zero attached hydrogens (tertiary/aromatic N) is 3. The Hall–Kier alpha value is -0.960. The molecule has 1 aliphatic rings. The molecule has 0 bridgehead atoms. The lowest BCUT2D eigenvalue weighted by Crippen LogP contribution is -2.46. The molecule has 0 unspecified atom stereocenters. The summed E-state index contributed by atoms with van der Waals surface area (Å²) in [5, 5.41) is 7.38. The van der Waals surface area contributed by atoms with E-state index in [9.17, 15) is 8.42 Å². The van der Waals surface area contributed by atoms with Gasteiger partial charge in [-0.3, -0.25) is 4.68 Å². The second-order valence-electron chi connectivity index (χ2n) is 5.32. The fourth-order valence-corrected chi connectivity index (χ4v) is 3.74. The predicted molar refractivity (Wildman–Crippen MR) is 82.0 cm³/mol. The summed E-state index contributed by atoms with van der Waals surface area (Å²) in [4.78, 5) is 0. The van der Waals surface area contributed by atoms with E-state index in [1.807, 2.05) is 12.3 Å². The van der Waals surface area contributed by atoms with Crippen LogP contribution in [0.1, 0.15) is 19.8 Å². The first-order valence-electron chi connectivity index (χ1n) is 7.54. The smallest absolute Gasteiger partial charge is 0.279 e. The maximum Gasteiger partial charge on any atom is 0.279 e. The van der Waals surface area contributed by atoms with E-state index in [0.717, 1.165) is 25.9 Å². The molecule has 7 nitrogen and oxygen atoms in total. The molecule has 2 rings (SSSR count). The molecule has 0 atom stereocenters. The third-order valence-corrected chi connectivity index (χ3v) is 5.39. The van der Waals surface area contributed by atoms with E-state index in [1.165, 1.54) is 0 Å². The van der Waals surface area contributed by atoms with E-state index < -0.39 is 10.2 Å². The van der Waals surface area contributed by atoms with Crippen LogP contribution in [-0.4, -0.2) is 55.2 Å². The highest BCUT2D eigenvalue weighted by Gasteiger charge is 2.27. The molecule has 0 spiro atoms. The molecule has 0 radical (unpaired) electrons. The SMILES string of the molecule is CCNCC1CCN(S(=O)(=O)NCCn2cccn2)CC1. The van der Waals surface area contributed by atoms with Crippen molar-refractivity contribution in [3.05, 3.63) is 18.5 Å². The van der Waals surface area contributed by atoms with Gasteiger partial charge in [0.25, 0.3) is 10.2 Å². The number of rotatable bonds is 8. The van der Waals surface area contributed by atoms with Crippen LogP contribution in [0.4, 0.5) is 0 Å². The van der Waals surface area contributed by atoms with Crippen LogP contribution in [0.15, 0.2) is 18.5 Å². The van der Waals surface area contributed by atoms with Crippen molar-refractivity contribution in [2.24, 2.45) is 5.92 Å². The summed E-state index contributed by atoms with van der Waals surface area (Å²) in [6, 6.07) is 1.82. The van der Waals surface area contributed by atoms with Gasteiger partial charge in [0.15, 0.2) is 0 Å². The third kappa shape index (κ3) is 5.06. The summed E-state index contributed by atoms with van der Waals surface area (Å²) in [5.41, 5.74) is 0. The van der Waals surface area contributed by atoms with Crippen molar-refractivity contribution in [2.45, 2.75) is 26.3 Å². The summed E-state index contributed by atoms with van der Waals surface area (Å²) >= 11 is 0. The first-order chi connectivity index (χ1) is 10.1. The first-order valence-corrected chi connectivity index (χ1v) is 8.98. The van der Waals surface area contributed by atoms with Gasteiger partial charge in [-0.1, -0.05) is 6.92 Å². The molecule has 0 aliphatic carbocycles. The fraction of sp³-hybridized carbons (Fsp3) is 0.769. The minimum Gasteiger partial charge on any atom is -0.317 e. The first kappa shape index (κ1) is 16.4. The summed E-state index contributed by atoms with van der Waals surface area (Å²) < 4.78 is 30.3. The Labute approximate surface area is 126 Å². The van der Waals surface area contributed by atoms with Crippen molar-refractivity contribution < 1.29 is 8.42 Å². The van der Waals surface area contributed by atoms with E-state index in [1.54, 1.807) is 15.2 Å². The van der Waals surface area contributed by atoms with E-state index in [0.29, 0.717) is 32.1 Å². The molecule has 8 heteroatoms. The lowest BCUT2D eigenvalue weighted by atomic mass is 9.98. The highest BCUT2D eigenvalue weighted by atomic mass is 32.2. The minimum absolute atomic E-state index is 0.362. The van der Waals surface area contributed by atoms with E-state index in [4.69, 9.17) is 0 Å². The zero-order valence-electron chi connectivity index (χ0n) is 12.5. The molecule has 1 fully saturated rings. The van der Waals surface area contributed by atoms with Crippen molar-refractivity contribution >= 4 is 10.2 Å². The van der Waals surface area contributed by atoms with Crippen LogP contribution in [0.2, 0.25) is 0 Å². The van der Waals surface area contributed by atoms with Crippen LogP contribution in [0.25, 0.3) is 0 Å². The summed E-state index contributed by atoms with van der Waals surface area (Å²) in [6.45, 7) is 6.15. The molecule has 2 heterocycles. The van der Waals surface area contributed by atoms with E-state index >= 15 is 0 Å². The maximum absolute atomic E-state index is 12.2. The molecule has 0 aromatic carbocycles. The number of nitrogens with one attached hydrogen (secondary N) is 2. The largest absolute Gasteiger partial charge is 0.317 e. The molecule has 0 amide bonds. The van der Waals surface area contributed by atoms with Crippen LogP contribution in [0, 0.1) is 5.92 Å². The summed E-state index contributed by atoms with van der Waals surface area (Å²) in [7, 11) is -3.36. The second kappa shape index (κ2) is 7.88. The van der Waals surface area contributed by atoms with Gasteiger partial charge < -0.3 is 5.32 Å². The molecule has 1 saturated heterocycles. The van der Waals surface area contributed by atoms with E-state index in [-0.39, 0.29) is 0 Å². The molecule has 21 heavy (non-hydrogen) atoms. The van der Waals surface area contributed by atoms with Crippen molar-refractivity contribution in [1.29, 1.82) is 0 Å². The second-order valence-corrected chi connectivity index (χ2v) is 7.07. The lowest BCUT2D eigenvalue weighted by Gasteiger charge is -2.31. The Bertz CT molecular complexity index is 495. The van der Waals surface area contributed by atoms with Gasteiger partial charge >= 0.3 is 0 Å². The van der Waals surface area contributed by atoms with Gasteiger partial charge in [0.1, 0.15) is 0 Å². The predicted octanol–water partition coefficient (Wildman–Crippen LogP) is 0.0390.